The Balaban J connectivity index is 0.00000133. The second-order valence-electron chi connectivity index (χ2n) is 4.99. The summed E-state index contributed by atoms with van der Waals surface area (Å²) in [7, 11) is 0. The van der Waals surface area contributed by atoms with Crippen LogP contribution in [0.5, 0.6) is 0 Å². The molecule has 19 heavy (non-hydrogen) atoms. The Labute approximate surface area is 115 Å². The Hall–Kier alpha value is -0.780. The normalized spacial score (nSPS) is 29.4. The van der Waals surface area contributed by atoms with Crippen LogP contribution in [-0.2, 0) is 17.3 Å². The van der Waals surface area contributed by atoms with Gasteiger partial charge in [0.05, 0.1) is 23.8 Å². The van der Waals surface area contributed by atoms with Gasteiger partial charge in [-0.1, -0.05) is 6.07 Å². The minimum atomic E-state index is -4.27. The SMILES string of the molecule is C[C@@H]1CN[C@H]2c3ccc(C(F)(F)F)cc3C[C@H]2O1.Cl. The molecule has 1 N–H and O–H groups in total. The zero-order valence-electron chi connectivity index (χ0n) is 10.3. The molecule has 0 amide bonds. The van der Waals surface area contributed by atoms with Gasteiger partial charge in [0, 0.05) is 13.0 Å². The van der Waals surface area contributed by atoms with Gasteiger partial charge in [0.1, 0.15) is 0 Å². The van der Waals surface area contributed by atoms with Crippen LogP contribution in [-0.4, -0.2) is 18.8 Å². The standard InChI is InChI=1S/C13H14F3NO.ClH/c1-7-6-17-12-10-3-2-9(13(14,15)16)4-8(10)5-11(12)18-7;/h2-4,7,11-12,17H,5-6H2,1H3;1H/t7-,11-,12+;/m1./s1. The minimum absolute atomic E-state index is 0. The van der Waals surface area contributed by atoms with Gasteiger partial charge in [-0.25, -0.2) is 0 Å². The summed E-state index contributed by atoms with van der Waals surface area (Å²) < 4.78 is 43.7. The van der Waals surface area contributed by atoms with E-state index in [0.717, 1.165) is 23.7 Å². The lowest BCUT2D eigenvalue weighted by Crippen LogP contribution is -2.44. The molecule has 0 bridgehead atoms. The fraction of sp³-hybridized carbons (Fsp3) is 0.538. The van der Waals surface area contributed by atoms with Gasteiger partial charge in [-0.3, -0.25) is 0 Å². The van der Waals surface area contributed by atoms with Crippen LogP contribution >= 0.6 is 12.4 Å². The van der Waals surface area contributed by atoms with Crippen molar-refractivity contribution in [2.75, 3.05) is 6.54 Å². The predicted octanol–water partition coefficient (Wildman–Crippen LogP) is 3.10. The quantitative estimate of drug-likeness (QED) is 0.794. The van der Waals surface area contributed by atoms with Gasteiger partial charge in [0.25, 0.3) is 0 Å². The molecule has 0 radical (unpaired) electrons. The number of hydrogen-bond acceptors (Lipinski definition) is 2. The highest BCUT2D eigenvalue weighted by molar-refractivity contribution is 5.85. The Morgan fingerprint density at radius 2 is 2.05 bits per heavy atom. The third kappa shape index (κ3) is 2.59. The largest absolute Gasteiger partial charge is 0.416 e. The van der Waals surface area contributed by atoms with E-state index in [9.17, 15) is 13.2 Å². The Kier molecular flexibility index (Phi) is 3.82. The lowest BCUT2D eigenvalue weighted by Gasteiger charge is -2.32. The highest BCUT2D eigenvalue weighted by atomic mass is 35.5. The Morgan fingerprint density at radius 1 is 1.32 bits per heavy atom. The van der Waals surface area contributed by atoms with Gasteiger partial charge in [0.15, 0.2) is 0 Å². The van der Waals surface area contributed by atoms with Crippen LogP contribution in [0.4, 0.5) is 13.2 Å². The topological polar surface area (TPSA) is 21.3 Å². The molecular weight excluding hydrogens is 279 g/mol. The summed E-state index contributed by atoms with van der Waals surface area (Å²) in [5, 5.41) is 3.34. The Bertz CT molecular complexity index is 477. The highest BCUT2D eigenvalue weighted by Crippen LogP contribution is 2.39. The monoisotopic (exact) mass is 293 g/mol. The molecule has 1 aliphatic heterocycles. The van der Waals surface area contributed by atoms with Gasteiger partial charge < -0.3 is 10.1 Å². The van der Waals surface area contributed by atoms with E-state index < -0.39 is 11.7 Å². The zero-order chi connectivity index (χ0) is 12.9. The maximum atomic E-state index is 12.6. The van der Waals surface area contributed by atoms with Crippen LogP contribution in [0.2, 0.25) is 0 Å². The minimum Gasteiger partial charge on any atom is -0.372 e. The molecule has 0 aromatic heterocycles. The summed E-state index contributed by atoms with van der Waals surface area (Å²) in [6, 6.07) is 4.03. The number of morpholine rings is 1. The first-order chi connectivity index (χ1) is 8.45. The first-order valence-corrected chi connectivity index (χ1v) is 6.04. The lowest BCUT2D eigenvalue weighted by molar-refractivity contribution is -0.137. The lowest BCUT2D eigenvalue weighted by atomic mass is 10.0. The second-order valence-corrected chi connectivity index (χ2v) is 4.99. The fourth-order valence-electron chi connectivity index (χ4n) is 2.80. The number of ether oxygens (including phenoxy) is 1. The van der Waals surface area contributed by atoms with Gasteiger partial charge in [-0.2, -0.15) is 13.2 Å². The third-order valence-corrected chi connectivity index (χ3v) is 3.63. The molecule has 3 atom stereocenters. The summed E-state index contributed by atoms with van der Waals surface area (Å²) in [5.74, 6) is 0. The molecule has 3 rings (SSSR count). The molecule has 1 fully saturated rings. The van der Waals surface area contributed by atoms with Crippen LogP contribution in [0.3, 0.4) is 0 Å². The highest BCUT2D eigenvalue weighted by Gasteiger charge is 2.39. The van der Waals surface area contributed by atoms with Crippen molar-refractivity contribution < 1.29 is 17.9 Å². The van der Waals surface area contributed by atoms with Crippen LogP contribution < -0.4 is 5.32 Å². The van der Waals surface area contributed by atoms with Crippen LogP contribution in [0.15, 0.2) is 18.2 Å². The summed E-state index contributed by atoms with van der Waals surface area (Å²) in [4.78, 5) is 0. The van der Waals surface area contributed by atoms with Crippen LogP contribution in [0.1, 0.15) is 29.7 Å². The average Bonchev–Trinajstić information content (AvgIpc) is 2.63. The van der Waals surface area contributed by atoms with E-state index in [1.165, 1.54) is 6.07 Å². The van der Waals surface area contributed by atoms with Crippen molar-refractivity contribution in [3.8, 4) is 0 Å². The Morgan fingerprint density at radius 3 is 2.74 bits per heavy atom. The predicted molar refractivity (Wildman–Crippen MR) is 67.5 cm³/mol. The number of nitrogens with one attached hydrogen (secondary N) is 1. The number of halogens is 4. The summed E-state index contributed by atoms with van der Waals surface area (Å²) in [5.41, 5.74) is 1.12. The van der Waals surface area contributed by atoms with Crippen molar-refractivity contribution in [1.82, 2.24) is 5.32 Å². The number of alkyl halides is 3. The second kappa shape index (κ2) is 4.96. The zero-order valence-corrected chi connectivity index (χ0v) is 11.1. The van der Waals surface area contributed by atoms with Gasteiger partial charge in [0.2, 0.25) is 0 Å². The van der Waals surface area contributed by atoms with Gasteiger partial charge in [-0.05, 0) is 30.2 Å². The molecule has 1 aromatic rings. The summed E-state index contributed by atoms with van der Waals surface area (Å²) in [6.45, 7) is 2.70. The van der Waals surface area contributed by atoms with E-state index in [1.807, 2.05) is 6.92 Å². The molecule has 0 saturated carbocycles. The average molecular weight is 294 g/mol. The summed E-state index contributed by atoms with van der Waals surface area (Å²) in [6.07, 6.45) is -3.64. The third-order valence-electron chi connectivity index (χ3n) is 3.63. The first kappa shape index (κ1) is 14.6. The molecule has 1 aromatic carbocycles. The fourth-order valence-corrected chi connectivity index (χ4v) is 2.80. The van der Waals surface area contributed by atoms with E-state index in [0.29, 0.717) is 6.42 Å². The molecule has 2 nitrogen and oxygen atoms in total. The molecule has 1 saturated heterocycles. The molecule has 6 heteroatoms. The molecule has 2 aliphatic rings. The smallest absolute Gasteiger partial charge is 0.372 e. The van der Waals surface area contributed by atoms with Crippen molar-refractivity contribution in [2.24, 2.45) is 0 Å². The van der Waals surface area contributed by atoms with Crippen molar-refractivity contribution >= 4 is 12.4 Å². The van der Waals surface area contributed by atoms with E-state index in [1.54, 1.807) is 6.07 Å². The number of rotatable bonds is 0. The molecule has 106 valence electrons. The first-order valence-electron chi connectivity index (χ1n) is 6.04. The van der Waals surface area contributed by atoms with E-state index in [2.05, 4.69) is 5.32 Å². The molecule has 1 aliphatic carbocycles. The molecule has 0 spiro atoms. The molecule has 1 heterocycles. The van der Waals surface area contributed by atoms with Crippen molar-refractivity contribution in [2.45, 2.75) is 37.8 Å². The van der Waals surface area contributed by atoms with Crippen molar-refractivity contribution in [1.29, 1.82) is 0 Å². The van der Waals surface area contributed by atoms with Crippen molar-refractivity contribution in [3.63, 3.8) is 0 Å². The molecule has 0 unspecified atom stereocenters. The summed E-state index contributed by atoms with van der Waals surface area (Å²) >= 11 is 0. The maximum absolute atomic E-state index is 12.6. The van der Waals surface area contributed by atoms with E-state index >= 15 is 0 Å². The van der Waals surface area contributed by atoms with Crippen LogP contribution in [0, 0.1) is 0 Å². The van der Waals surface area contributed by atoms with Gasteiger partial charge in [-0.15, -0.1) is 12.4 Å². The van der Waals surface area contributed by atoms with E-state index in [-0.39, 0.29) is 30.7 Å². The molecular formula is C13H15ClF3NO. The van der Waals surface area contributed by atoms with E-state index in [4.69, 9.17) is 4.74 Å². The number of hydrogen-bond donors (Lipinski definition) is 1. The van der Waals surface area contributed by atoms with Crippen LogP contribution in [0.25, 0.3) is 0 Å². The number of benzene rings is 1. The van der Waals surface area contributed by atoms with Crippen molar-refractivity contribution in [3.05, 3.63) is 34.9 Å². The van der Waals surface area contributed by atoms with Gasteiger partial charge >= 0.3 is 6.18 Å². The maximum Gasteiger partial charge on any atom is 0.416 e. The number of fused-ring (bicyclic) bond motifs is 3.